The lowest BCUT2D eigenvalue weighted by Gasteiger charge is -2.34. The van der Waals surface area contributed by atoms with Crippen LogP contribution < -0.4 is 0 Å². The average molecular weight is 314 g/mol. The lowest BCUT2D eigenvalue weighted by molar-refractivity contribution is 0.475. The van der Waals surface area contributed by atoms with Crippen LogP contribution in [0.1, 0.15) is 56.2 Å². The molecule has 0 aromatic heterocycles. The van der Waals surface area contributed by atoms with Crippen molar-refractivity contribution in [3.8, 4) is 11.1 Å². The first-order valence-corrected chi connectivity index (χ1v) is 9.31. The lowest BCUT2D eigenvalue weighted by Crippen LogP contribution is -2.26. The molecule has 0 fully saturated rings. The van der Waals surface area contributed by atoms with Gasteiger partial charge in [-0.05, 0) is 47.1 Å². The Hall–Kier alpha value is -2.08. The van der Waals surface area contributed by atoms with E-state index in [2.05, 4.69) is 74.5 Å². The zero-order valence-corrected chi connectivity index (χ0v) is 14.8. The monoisotopic (exact) mass is 314 g/mol. The van der Waals surface area contributed by atoms with Crippen LogP contribution in [0.4, 0.5) is 0 Å². The summed E-state index contributed by atoms with van der Waals surface area (Å²) in [5.41, 5.74) is 9.23. The van der Waals surface area contributed by atoms with Crippen LogP contribution in [-0.4, -0.2) is 0 Å². The van der Waals surface area contributed by atoms with Crippen molar-refractivity contribution in [2.45, 2.75) is 51.4 Å². The molecule has 2 aromatic rings. The highest BCUT2D eigenvalue weighted by Crippen LogP contribution is 2.47. The molecule has 0 heteroatoms. The molecule has 1 unspecified atom stereocenters. The summed E-state index contributed by atoms with van der Waals surface area (Å²) in [5, 5.41) is 0. The Kier molecular flexibility index (Phi) is 3.92. The first-order chi connectivity index (χ1) is 11.7. The molecule has 0 nitrogen and oxygen atoms in total. The van der Waals surface area contributed by atoms with E-state index in [1.54, 1.807) is 16.7 Å². The Labute approximate surface area is 145 Å². The number of allylic oxidation sites excluding steroid dienone is 4. The molecular weight excluding hydrogens is 288 g/mol. The Bertz CT molecular complexity index is 822. The number of hydrogen-bond acceptors (Lipinski definition) is 0. The van der Waals surface area contributed by atoms with Gasteiger partial charge in [-0.2, -0.15) is 0 Å². The Morgan fingerprint density at radius 2 is 1.83 bits per heavy atom. The molecule has 0 amide bonds. The third-order valence-electron chi connectivity index (χ3n) is 5.96. The summed E-state index contributed by atoms with van der Waals surface area (Å²) in [4.78, 5) is 0. The second-order valence-corrected chi connectivity index (χ2v) is 7.43. The fourth-order valence-corrected chi connectivity index (χ4v) is 4.53. The van der Waals surface area contributed by atoms with Crippen molar-refractivity contribution in [2.75, 3.05) is 0 Å². The number of rotatable bonds is 5. The first-order valence-electron chi connectivity index (χ1n) is 9.31. The van der Waals surface area contributed by atoms with E-state index in [4.69, 9.17) is 0 Å². The van der Waals surface area contributed by atoms with Crippen LogP contribution >= 0.6 is 0 Å². The molecule has 0 aliphatic heterocycles. The van der Waals surface area contributed by atoms with Gasteiger partial charge in [-0.25, -0.2) is 0 Å². The Balaban J connectivity index is 1.83. The molecule has 2 aliphatic rings. The maximum absolute atomic E-state index is 2.47. The highest BCUT2D eigenvalue weighted by molar-refractivity contribution is 5.78. The summed E-state index contributed by atoms with van der Waals surface area (Å²) in [5.74, 6) is 0. The molecule has 24 heavy (non-hydrogen) atoms. The molecule has 0 saturated heterocycles. The van der Waals surface area contributed by atoms with Gasteiger partial charge in [-0.3, -0.25) is 0 Å². The summed E-state index contributed by atoms with van der Waals surface area (Å²) in [6.07, 6.45) is 12.9. The maximum atomic E-state index is 2.47. The molecule has 2 aliphatic carbocycles. The maximum Gasteiger partial charge on any atom is 0.0143 e. The summed E-state index contributed by atoms with van der Waals surface area (Å²) < 4.78 is 0. The molecular formula is C24H26. The van der Waals surface area contributed by atoms with Crippen molar-refractivity contribution in [1.82, 2.24) is 0 Å². The van der Waals surface area contributed by atoms with Crippen LogP contribution in [0.15, 0.2) is 66.3 Å². The molecule has 0 heterocycles. The largest absolute Gasteiger partial charge is 0.0804 e. The third-order valence-corrected chi connectivity index (χ3v) is 5.96. The van der Waals surface area contributed by atoms with Crippen LogP contribution in [0.5, 0.6) is 0 Å². The molecule has 0 spiro atoms. The van der Waals surface area contributed by atoms with E-state index in [1.807, 2.05) is 0 Å². The van der Waals surface area contributed by atoms with Gasteiger partial charge in [-0.15, -0.1) is 0 Å². The summed E-state index contributed by atoms with van der Waals surface area (Å²) in [7, 11) is 0. The standard InChI is InChI=1S/C24H26/c1-3-4-16-24(2,19-11-6-7-12-19)23-15-9-14-21-20-13-8-5-10-18(20)17-22(21)23/h5-11,13-15H,3-4,12,16-17H2,1-2H3. The van der Waals surface area contributed by atoms with E-state index in [0.717, 1.165) is 12.8 Å². The second kappa shape index (κ2) is 6.09. The molecule has 2 aromatic carbocycles. The van der Waals surface area contributed by atoms with Crippen molar-refractivity contribution in [2.24, 2.45) is 0 Å². The fourth-order valence-electron chi connectivity index (χ4n) is 4.53. The van der Waals surface area contributed by atoms with Crippen LogP contribution in [0.2, 0.25) is 0 Å². The van der Waals surface area contributed by atoms with Crippen molar-refractivity contribution >= 4 is 0 Å². The lowest BCUT2D eigenvalue weighted by atomic mass is 9.69. The average Bonchev–Trinajstić information content (AvgIpc) is 3.27. The molecule has 1 atom stereocenters. The smallest absolute Gasteiger partial charge is 0.0143 e. The predicted molar refractivity (Wildman–Crippen MR) is 103 cm³/mol. The highest BCUT2D eigenvalue weighted by Gasteiger charge is 2.34. The van der Waals surface area contributed by atoms with Crippen molar-refractivity contribution < 1.29 is 0 Å². The summed E-state index contributed by atoms with van der Waals surface area (Å²) in [6.45, 7) is 4.77. The predicted octanol–water partition coefficient (Wildman–Crippen LogP) is 6.59. The summed E-state index contributed by atoms with van der Waals surface area (Å²) >= 11 is 0. The van der Waals surface area contributed by atoms with Gasteiger partial charge < -0.3 is 0 Å². The van der Waals surface area contributed by atoms with Gasteiger partial charge in [0.15, 0.2) is 0 Å². The topological polar surface area (TPSA) is 0 Å². The second-order valence-electron chi connectivity index (χ2n) is 7.43. The van der Waals surface area contributed by atoms with E-state index < -0.39 is 0 Å². The van der Waals surface area contributed by atoms with Crippen LogP contribution in [0.25, 0.3) is 11.1 Å². The fraction of sp³-hybridized carbons (Fsp3) is 0.333. The SMILES string of the molecule is CCCCC(C)(C1=CC=CC1)c1cccc2c1Cc1ccccc1-2. The minimum Gasteiger partial charge on any atom is -0.0804 e. The van der Waals surface area contributed by atoms with Gasteiger partial charge in [0.2, 0.25) is 0 Å². The molecule has 0 N–H and O–H groups in total. The van der Waals surface area contributed by atoms with Gasteiger partial charge in [0.25, 0.3) is 0 Å². The van der Waals surface area contributed by atoms with E-state index in [1.165, 1.54) is 36.0 Å². The molecule has 0 saturated carbocycles. The number of fused-ring (bicyclic) bond motifs is 3. The minimum atomic E-state index is 0.160. The number of unbranched alkanes of at least 4 members (excludes halogenated alkanes) is 1. The molecule has 122 valence electrons. The van der Waals surface area contributed by atoms with Crippen LogP contribution in [-0.2, 0) is 11.8 Å². The zero-order valence-electron chi connectivity index (χ0n) is 14.8. The molecule has 0 bridgehead atoms. The highest BCUT2D eigenvalue weighted by atomic mass is 14.4. The number of hydrogen-bond donors (Lipinski definition) is 0. The van der Waals surface area contributed by atoms with Gasteiger partial charge >= 0.3 is 0 Å². The van der Waals surface area contributed by atoms with Crippen LogP contribution in [0, 0.1) is 0 Å². The Morgan fingerprint density at radius 1 is 1.00 bits per heavy atom. The minimum absolute atomic E-state index is 0.160. The summed E-state index contributed by atoms with van der Waals surface area (Å²) in [6, 6.07) is 15.9. The van der Waals surface area contributed by atoms with E-state index >= 15 is 0 Å². The zero-order chi connectivity index (χ0) is 16.6. The van der Waals surface area contributed by atoms with Crippen LogP contribution in [0.3, 0.4) is 0 Å². The van der Waals surface area contributed by atoms with E-state index in [0.29, 0.717) is 0 Å². The van der Waals surface area contributed by atoms with Crippen molar-refractivity contribution in [3.05, 3.63) is 83.0 Å². The quantitative estimate of drug-likeness (QED) is 0.498. The molecule has 4 rings (SSSR count). The van der Waals surface area contributed by atoms with E-state index in [-0.39, 0.29) is 5.41 Å². The Morgan fingerprint density at radius 3 is 2.62 bits per heavy atom. The normalized spacial score (nSPS) is 17.3. The van der Waals surface area contributed by atoms with Gasteiger partial charge in [0.1, 0.15) is 0 Å². The van der Waals surface area contributed by atoms with Crippen molar-refractivity contribution in [1.29, 1.82) is 0 Å². The van der Waals surface area contributed by atoms with Gasteiger partial charge in [0, 0.05) is 5.41 Å². The van der Waals surface area contributed by atoms with Gasteiger partial charge in [0.05, 0.1) is 0 Å². The molecule has 0 radical (unpaired) electrons. The third kappa shape index (κ3) is 2.36. The first kappa shape index (κ1) is 15.4. The van der Waals surface area contributed by atoms with Crippen molar-refractivity contribution in [3.63, 3.8) is 0 Å². The number of benzene rings is 2. The van der Waals surface area contributed by atoms with Gasteiger partial charge in [-0.1, -0.05) is 93.0 Å². The van der Waals surface area contributed by atoms with E-state index in [9.17, 15) is 0 Å².